The van der Waals surface area contributed by atoms with Crippen molar-refractivity contribution in [2.75, 3.05) is 33.4 Å². The number of nitrogens with zero attached hydrogens (tertiary/aromatic N) is 2. The monoisotopic (exact) mass is 414 g/mol. The maximum Gasteiger partial charge on any atom is 0.237 e. The van der Waals surface area contributed by atoms with E-state index in [4.69, 9.17) is 4.74 Å². The molecule has 164 valence electrons. The Morgan fingerprint density at radius 3 is 2.90 bits per heavy atom. The molecule has 7 heteroatoms. The molecule has 0 bridgehead atoms. The number of ether oxygens (including phenoxy) is 1. The minimum absolute atomic E-state index is 0.0832. The molecule has 3 aliphatic rings. The lowest BCUT2D eigenvalue weighted by atomic mass is 10.0. The Balaban J connectivity index is 1.30. The van der Waals surface area contributed by atoms with E-state index in [9.17, 15) is 9.59 Å². The number of piperazine rings is 1. The highest BCUT2D eigenvalue weighted by Crippen LogP contribution is 2.27. The summed E-state index contributed by atoms with van der Waals surface area (Å²) in [7, 11) is 1.70. The molecular weight excluding hydrogens is 380 g/mol. The van der Waals surface area contributed by atoms with E-state index in [0.717, 1.165) is 45.3 Å². The van der Waals surface area contributed by atoms with Crippen LogP contribution in [0.5, 0.6) is 0 Å². The fraction of sp³-hybridized carbons (Fsp3) is 0.652. The first-order valence-corrected chi connectivity index (χ1v) is 11.2. The molecular formula is C23H34N4O3. The second-order valence-corrected chi connectivity index (χ2v) is 8.79. The molecule has 0 unspecified atom stereocenters. The predicted molar refractivity (Wildman–Crippen MR) is 115 cm³/mol. The van der Waals surface area contributed by atoms with Crippen molar-refractivity contribution < 1.29 is 14.3 Å². The Labute approximate surface area is 179 Å². The predicted octanol–water partition coefficient (Wildman–Crippen LogP) is 1.14. The summed E-state index contributed by atoms with van der Waals surface area (Å²) in [6.45, 7) is 3.77. The second kappa shape index (κ2) is 9.90. The number of fused-ring (bicyclic) bond motifs is 1. The van der Waals surface area contributed by atoms with Crippen LogP contribution in [-0.4, -0.2) is 79.1 Å². The van der Waals surface area contributed by atoms with Crippen LogP contribution in [-0.2, 0) is 20.9 Å². The summed E-state index contributed by atoms with van der Waals surface area (Å²) in [5.74, 6) is 0.349. The smallest absolute Gasteiger partial charge is 0.237 e. The molecule has 3 heterocycles. The van der Waals surface area contributed by atoms with Gasteiger partial charge in [0.15, 0.2) is 0 Å². The van der Waals surface area contributed by atoms with Gasteiger partial charge in [-0.2, -0.15) is 0 Å². The fourth-order valence-electron chi connectivity index (χ4n) is 5.21. The number of amides is 2. The standard InChI is InChI=1S/C23H34N4O3/c1-30-16-20-8-5-11-26(20)22(28)10-9-19-14-25-23(29)21-12-18(15-27(19)21)24-13-17-6-3-2-4-7-17/h2-4,6-7,18-21,24H,5,8-16H2,1H3,(H,25,29)/t18-,19-,20-,21+/m0/s1. The number of likely N-dealkylation sites (tertiary alicyclic amines) is 1. The lowest BCUT2D eigenvalue weighted by molar-refractivity contribution is -0.133. The third-order valence-electron chi connectivity index (χ3n) is 6.81. The average Bonchev–Trinajstić information content (AvgIpc) is 3.40. The molecule has 30 heavy (non-hydrogen) atoms. The molecule has 1 aromatic rings. The Hall–Kier alpha value is -1.96. The first-order valence-electron chi connectivity index (χ1n) is 11.2. The summed E-state index contributed by atoms with van der Waals surface area (Å²) in [6, 6.07) is 11.0. The van der Waals surface area contributed by atoms with E-state index in [0.29, 0.717) is 25.6 Å². The van der Waals surface area contributed by atoms with E-state index >= 15 is 0 Å². The lowest BCUT2D eigenvalue weighted by Crippen LogP contribution is -2.58. The van der Waals surface area contributed by atoms with E-state index in [-0.39, 0.29) is 29.9 Å². The van der Waals surface area contributed by atoms with Gasteiger partial charge in [0.25, 0.3) is 0 Å². The first-order chi connectivity index (χ1) is 14.7. The van der Waals surface area contributed by atoms with Crippen LogP contribution in [0.15, 0.2) is 30.3 Å². The number of hydrogen-bond acceptors (Lipinski definition) is 5. The maximum absolute atomic E-state index is 12.8. The van der Waals surface area contributed by atoms with Crippen molar-refractivity contribution in [1.29, 1.82) is 0 Å². The molecule has 7 nitrogen and oxygen atoms in total. The highest BCUT2D eigenvalue weighted by molar-refractivity contribution is 5.83. The van der Waals surface area contributed by atoms with Crippen LogP contribution in [0.1, 0.15) is 37.7 Å². The normalized spacial score (nSPS) is 29.1. The Morgan fingerprint density at radius 2 is 2.10 bits per heavy atom. The first kappa shape index (κ1) is 21.3. The SMILES string of the molecule is COC[C@@H]1CCCN1C(=O)CC[C@H]1CNC(=O)[C@H]2C[C@H](NCc3ccccc3)CN12. The highest BCUT2D eigenvalue weighted by atomic mass is 16.5. The molecule has 1 aromatic carbocycles. The molecule has 4 rings (SSSR count). The largest absolute Gasteiger partial charge is 0.383 e. The van der Waals surface area contributed by atoms with Crippen LogP contribution in [0, 0.1) is 0 Å². The number of hydrogen-bond donors (Lipinski definition) is 2. The molecule has 0 aromatic heterocycles. The molecule has 4 atom stereocenters. The zero-order valence-electron chi connectivity index (χ0n) is 17.9. The van der Waals surface area contributed by atoms with E-state index in [2.05, 4.69) is 27.7 Å². The van der Waals surface area contributed by atoms with Crippen molar-refractivity contribution in [2.24, 2.45) is 0 Å². The van der Waals surface area contributed by atoms with Crippen molar-refractivity contribution >= 4 is 11.8 Å². The van der Waals surface area contributed by atoms with Gasteiger partial charge in [-0.3, -0.25) is 14.5 Å². The lowest BCUT2D eigenvalue weighted by Gasteiger charge is -2.37. The number of methoxy groups -OCH3 is 1. The molecule has 0 aliphatic carbocycles. The molecule has 0 spiro atoms. The van der Waals surface area contributed by atoms with E-state index in [1.54, 1.807) is 7.11 Å². The Bertz CT molecular complexity index is 728. The zero-order valence-corrected chi connectivity index (χ0v) is 17.9. The topological polar surface area (TPSA) is 73.9 Å². The van der Waals surface area contributed by atoms with Gasteiger partial charge >= 0.3 is 0 Å². The van der Waals surface area contributed by atoms with Crippen molar-refractivity contribution in [3.05, 3.63) is 35.9 Å². The number of carbonyl (C=O) groups is 2. The van der Waals surface area contributed by atoms with Crippen LogP contribution < -0.4 is 10.6 Å². The number of nitrogens with one attached hydrogen (secondary N) is 2. The van der Waals surface area contributed by atoms with Crippen LogP contribution in [0.2, 0.25) is 0 Å². The van der Waals surface area contributed by atoms with E-state index in [1.807, 2.05) is 23.1 Å². The molecule has 3 saturated heterocycles. The van der Waals surface area contributed by atoms with Gasteiger partial charge in [0.1, 0.15) is 0 Å². The van der Waals surface area contributed by atoms with Crippen LogP contribution in [0.3, 0.4) is 0 Å². The molecule has 0 saturated carbocycles. The second-order valence-electron chi connectivity index (χ2n) is 8.79. The Morgan fingerprint density at radius 1 is 1.27 bits per heavy atom. The van der Waals surface area contributed by atoms with Gasteiger partial charge in [-0.15, -0.1) is 0 Å². The number of rotatable bonds is 8. The summed E-state index contributed by atoms with van der Waals surface area (Å²) >= 11 is 0. The van der Waals surface area contributed by atoms with Gasteiger partial charge in [0.05, 0.1) is 18.7 Å². The molecule has 3 fully saturated rings. The molecule has 2 amide bonds. The average molecular weight is 415 g/mol. The fourth-order valence-corrected chi connectivity index (χ4v) is 5.21. The molecule has 2 N–H and O–H groups in total. The third-order valence-corrected chi connectivity index (χ3v) is 6.81. The summed E-state index contributed by atoms with van der Waals surface area (Å²) in [5, 5.41) is 6.68. The summed E-state index contributed by atoms with van der Waals surface area (Å²) in [6.07, 6.45) is 4.23. The van der Waals surface area contributed by atoms with Gasteiger partial charge in [0, 0.05) is 51.8 Å². The van der Waals surface area contributed by atoms with Crippen molar-refractivity contribution in [3.8, 4) is 0 Å². The van der Waals surface area contributed by atoms with Gasteiger partial charge in [-0.25, -0.2) is 0 Å². The van der Waals surface area contributed by atoms with Crippen molar-refractivity contribution in [2.45, 2.75) is 62.8 Å². The van der Waals surface area contributed by atoms with Gasteiger partial charge in [0.2, 0.25) is 11.8 Å². The van der Waals surface area contributed by atoms with Crippen LogP contribution >= 0.6 is 0 Å². The minimum Gasteiger partial charge on any atom is -0.383 e. The Kier molecular flexibility index (Phi) is 7.02. The van der Waals surface area contributed by atoms with Crippen LogP contribution in [0.4, 0.5) is 0 Å². The molecule has 3 aliphatic heterocycles. The minimum atomic E-state index is -0.0832. The summed E-state index contributed by atoms with van der Waals surface area (Å²) in [5.41, 5.74) is 1.25. The van der Waals surface area contributed by atoms with Crippen molar-refractivity contribution in [1.82, 2.24) is 20.4 Å². The van der Waals surface area contributed by atoms with Crippen molar-refractivity contribution in [3.63, 3.8) is 0 Å². The highest BCUT2D eigenvalue weighted by Gasteiger charge is 2.43. The number of benzene rings is 1. The van der Waals surface area contributed by atoms with Gasteiger partial charge in [-0.05, 0) is 31.2 Å². The van der Waals surface area contributed by atoms with E-state index < -0.39 is 0 Å². The molecule has 0 radical (unpaired) electrons. The van der Waals surface area contributed by atoms with Gasteiger partial charge < -0.3 is 20.3 Å². The zero-order chi connectivity index (χ0) is 20.9. The van der Waals surface area contributed by atoms with Crippen LogP contribution in [0.25, 0.3) is 0 Å². The van der Waals surface area contributed by atoms with E-state index in [1.165, 1.54) is 5.56 Å². The quantitative estimate of drug-likeness (QED) is 0.667. The third kappa shape index (κ3) is 4.85. The number of carbonyl (C=O) groups excluding carboxylic acids is 2. The summed E-state index contributed by atoms with van der Waals surface area (Å²) < 4.78 is 5.28. The summed E-state index contributed by atoms with van der Waals surface area (Å²) in [4.78, 5) is 29.6. The maximum atomic E-state index is 12.8. The van der Waals surface area contributed by atoms with Gasteiger partial charge in [-0.1, -0.05) is 30.3 Å².